The molecule has 0 aliphatic carbocycles. The molecule has 1 aliphatic heterocycles. The molecule has 0 bridgehead atoms. The Hall–Kier alpha value is -1.34. The Bertz CT molecular complexity index is 404. The molecule has 100 valence electrons. The molecule has 0 radical (unpaired) electrons. The molecule has 0 saturated carbocycles. The van der Waals surface area contributed by atoms with E-state index in [9.17, 15) is 4.79 Å². The SMILES string of the molecule is CCCN1CCOC(C(=O)Cc2nnn(C)n2)C1. The second-order valence-electron chi connectivity index (χ2n) is 4.50. The van der Waals surface area contributed by atoms with Crippen molar-refractivity contribution >= 4 is 5.78 Å². The molecule has 0 N–H and O–H groups in total. The number of rotatable bonds is 5. The van der Waals surface area contributed by atoms with Crippen molar-refractivity contribution in [1.82, 2.24) is 25.1 Å². The smallest absolute Gasteiger partial charge is 0.182 e. The van der Waals surface area contributed by atoms with Crippen LogP contribution in [0.25, 0.3) is 0 Å². The number of aromatic nitrogens is 4. The third-order valence-corrected chi connectivity index (χ3v) is 2.93. The summed E-state index contributed by atoms with van der Waals surface area (Å²) in [5.74, 6) is 0.488. The van der Waals surface area contributed by atoms with Crippen LogP contribution in [-0.2, 0) is 23.0 Å². The van der Waals surface area contributed by atoms with Gasteiger partial charge in [0.15, 0.2) is 11.6 Å². The molecule has 1 aromatic heterocycles. The van der Waals surface area contributed by atoms with E-state index >= 15 is 0 Å². The predicted octanol–water partition coefficient (Wildman–Crippen LogP) is -0.567. The fraction of sp³-hybridized carbons (Fsp3) is 0.818. The summed E-state index contributed by atoms with van der Waals surface area (Å²) in [5.41, 5.74) is 0. The lowest BCUT2D eigenvalue weighted by atomic mass is 10.1. The van der Waals surface area contributed by atoms with Gasteiger partial charge in [0.2, 0.25) is 0 Å². The normalized spacial score (nSPS) is 21.1. The Morgan fingerprint density at radius 1 is 1.56 bits per heavy atom. The number of carbonyl (C=O) groups excluding carboxylic acids is 1. The molecule has 0 amide bonds. The quantitative estimate of drug-likeness (QED) is 0.700. The molecule has 1 fully saturated rings. The Balaban J connectivity index is 1.88. The van der Waals surface area contributed by atoms with Crippen molar-refractivity contribution in [2.45, 2.75) is 25.9 Å². The van der Waals surface area contributed by atoms with Gasteiger partial charge < -0.3 is 4.74 Å². The van der Waals surface area contributed by atoms with Gasteiger partial charge in [0.1, 0.15) is 6.10 Å². The fourth-order valence-electron chi connectivity index (χ4n) is 2.08. The summed E-state index contributed by atoms with van der Waals surface area (Å²) >= 11 is 0. The average Bonchev–Trinajstić information content (AvgIpc) is 2.75. The standard InChI is InChI=1S/C11H19N5O2/c1-3-4-16-5-6-18-10(8-16)9(17)7-11-12-14-15(2)13-11/h10H,3-8H2,1-2H3. The zero-order valence-corrected chi connectivity index (χ0v) is 10.9. The van der Waals surface area contributed by atoms with Crippen molar-refractivity contribution in [3.8, 4) is 0 Å². The summed E-state index contributed by atoms with van der Waals surface area (Å²) < 4.78 is 5.52. The van der Waals surface area contributed by atoms with Crippen molar-refractivity contribution in [1.29, 1.82) is 0 Å². The third-order valence-electron chi connectivity index (χ3n) is 2.93. The summed E-state index contributed by atoms with van der Waals surface area (Å²) in [6.45, 7) is 5.34. The molecule has 1 unspecified atom stereocenters. The fourth-order valence-corrected chi connectivity index (χ4v) is 2.08. The maximum Gasteiger partial charge on any atom is 0.182 e. The molecule has 0 aromatic carbocycles. The topological polar surface area (TPSA) is 73.1 Å². The van der Waals surface area contributed by atoms with Crippen molar-refractivity contribution < 1.29 is 9.53 Å². The number of ether oxygens (including phenoxy) is 1. The number of ketones is 1. The van der Waals surface area contributed by atoms with Crippen LogP contribution in [0.15, 0.2) is 0 Å². The molecule has 1 atom stereocenters. The minimum absolute atomic E-state index is 0.0313. The summed E-state index contributed by atoms with van der Waals surface area (Å²) in [4.78, 5) is 15.7. The van der Waals surface area contributed by atoms with Gasteiger partial charge in [-0.15, -0.1) is 10.2 Å². The van der Waals surface area contributed by atoms with Crippen molar-refractivity contribution in [3.05, 3.63) is 5.82 Å². The second kappa shape index (κ2) is 6.01. The monoisotopic (exact) mass is 253 g/mol. The molecule has 2 heterocycles. The first kappa shape index (κ1) is 13.1. The second-order valence-corrected chi connectivity index (χ2v) is 4.50. The molecule has 7 heteroatoms. The Labute approximate surface area is 106 Å². The molecule has 0 spiro atoms. The summed E-state index contributed by atoms with van der Waals surface area (Å²) in [7, 11) is 1.68. The van der Waals surface area contributed by atoms with E-state index in [2.05, 4.69) is 27.2 Å². The Morgan fingerprint density at radius 2 is 2.39 bits per heavy atom. The summed E-state index contributed by atoms with van der Waals surface area (Å²) in [5, 5.41) is 11.5. The highest BCUT2D eigenvalue weighted by Gasteiger charge is 2.26. The van der Waals surface area contributed by atoms with E-state index in [4.69, 9.17) is 4.74 Å². The molecule has 1 saturated heterocycles. The van der Waals surface area contributed by atoms with Gasteiger partial charge in [-0.05, 0) is 18.2 Å². The number of morpholine rings is 1. The molecule has 7 nitrogen and oxygen atoms in total. The van der Waals surface area contributed by atoms with Crippen LogP contribution in [0.4, 0.5) is 0 Å². The largest absolute Gasteiger partial charge is 0.368 e. The van der Waals surface area contributed by atoms with E-state index in [-0.39, 0.29) is 18.3 Å². The van der Waals surface area contributed by atoms with E-state index in [1.54, 1.807) is 7.05 Å². The Morgan fingerprint density at radius 3 is 3.06 bits per heavy atom. The number of hydrogen-bond acceptors (Lipinski definition) is 6. The number of hydrogen-bond donors (Lipinski definition) is 0. The van der Waals surface area contributed by atoms with Crippen LogP contribution in [0, 0.1) is 0 Å². The van der Waals surface area contributed by atoms with Gasteiger partial charge in [0.25, 0.3) is 0 Å². The number of Topliss-reactive ketones (excluding diaryl/α,β-unsaturated/α-hetero) is 1. The average molecular weight is 253 g/mol. The summed E-state index contributed by atoms with van der Waals surface area (Å²) in [6, 6.07) is 0. The maximum atomic E-state index is 12.1. The third kappa shape index (κ3) is 3.33. The first-order valence-electron chi connectivity index (χ1n) is 6.28. The number of tetrazole rings is 1. The van der Waals surface area contributed by atoms with Crippen molar-refractivity contribution in [2.24, 2.45) is 7.05 Å². The first-order valence-corrected chi connectivity index (χ1v) is 6.28. The summed E-state index contributed by atoms with van der Waals surface area (Å²) in [6.07, 6.45) is 0.930. The maximum absolute atomic E-state index is 12.1. The lowest BCUT2D eigenvalue weighted by Crippen LogP contribution is -2.46. The highest BCUT2D eigenvalue weighted by atomic mass is 16.5. The van der Waals surface area contributed by atoms with Crippen LogP contribution in [0.2, 0.25) is 0 Å². The van der Waals surface area contributed by atoms with Gasteiger partial charge >= 0.3 is 0 Å². The van der Waals surface area contributed by atoms with Gasteiger partial charge in [-0.3, -0.25) is 9.69 Å². The zero-order chi connectivity index (χ0) is 13.0. The molecular weight excluding hydrogens is 234 g/mol. The molecule has 18 heavy (non-hydrogen) atoms. The molecule has 2 rings (SSSR count). The predicted molar refractivity (Wildman–Crippen MR) is 64.0 cm³/mol. The van der Waals surface area contributed by atoms with Gasteiger partial charge in [-0.2, -0.15) is 4.80 Å². The van der Waals surface area contributed by atoms with Gasteiger partial charge in [0.05, 0.1) is 20.1 Å². The van der Waals surface area contributed by atoms with Crippen molar-refractivity contribution in [2.75, 3.05) is 26.2 Å². The van der Waals surface area contributed by atoms with Crippen LogP contribution in [0.5, 0.6) is 0 Å². The molecular formula is C11H19N5O2. The lowest BCUT2D eigenvalue weighted by molar-refractivity contribution is -0.135. The van der Waals surface area contributed by atoms with E-state index in [1.165, 1.54) is 4.80 Å². The highest BCUT2D eigenvalue weighted by Crippen LogP contribution is 2.08. The van der Waals surface area contributed by atoms with Gasteiger partial charge in [0, 0.05) is 13.1 Å². The van der Waals surface area contributed by atoms with Gasteiger partial charge in [-0.1, -0.05) is 6.92 Å². The van der Waals surface area contributed by atoms with E-state index in [0.29, 0.717) is 19.0 Å². The Kier molecular flexibility index (Phi) is 4.38. The van der Waals surface area contributed by atoms with E-state index < -0.39 is 0 Å². The lowest BCUT2D eigenvalue weighted by Gasteiger charge is -2.31. The molecule has 1 aliphatic rings. The van der Waals surface area contributed by atoms with Crippen LogP contribution >= 0.6 is 0 Å². The van der Waals surface area contributed by atoms with Crippen molar-refractivity contribution in [3.63, 3.8) is 0 Å². The highest BCUT2D eigenvalue weighted by molar-refractivity contribution is 5.84. The van der Waals surface area contributed by atoms with Crippen LogP contribution in [0.1, 0.15) is 19.2 Å². The number of carbonyl (C=O) groups is 1. The van der Waals surface area contributed by atoms with Crippen LogP contribution in [-0.4, -0.2) is 63.2 Å². The van der Waals surface area contributed by atoms with E-state index in [1.807, 2.05) is 0 Å². The van der Waals surface area contributed by atoms with E-state index in [0.717, 1.165) is 19.5 Å². The minimum atomic E-state index is -0.353. The van der Waals surface area contributed by atoms with Crippen LogP contribution < -0.4 is 0 Å². The zero-order valence-electron chi connectivity index (χ0n) is 10.9. The number of nitrogens with zero attached hydrogens (tertiary/aromatic N) is 5. The minimum Gasteiger partial charge on any atom is -0.368 e. The first-order chi connectivity index (χ1) is 8.69. The van der Waals surface area contributed by atoms with Crippen LogP contribution in [0.3, 0.4) is 0 Å². The molecule has 1 aromatic rings. The van der Waals surface area contributed by atoms with Gasteiger partial charge in [-0.25, -0.2) is 0 Å². The number of aryl methyl sites for hydroxylation is 1.